The van der Waals surface area contributed by atoms with E-state index in [1.54, 1.807) is 7.11 Å². The molecule has 1 amide bonds. The quantitative estimate of drug-likeness (QED) is 0.675. The third-order valence-corrected chi connectivity index (χ3v) is 3.94. The number of nitrogens with zero attached hydrogens (tertiary/aromatic N) is 2. The summed E-state index contributed by atoms with van der Waals surface area (Å²) >= 11 is 0. The molecule has 1 heterocycles. The maximum atomic E-state index is 12.0. The number of rotatable bonds is 8. The van der Waals surface area contributed by atoms with E-state index in [-0.39, 0.29) is 5.91 Å². The van der Waals surface area contributed by atoms with Gasteiger partial charge in [-0.2, -0.15) is 4.98 Å². The molecular formula is C20H21N3O3. The smallest absolute Gasteiger partial charge is 0.227 e. The fourth-order valence-corrected chi connectivity index (χ4v) is 2.54. The van der Waals surface area contributed by atoms with Crippen LogP contribution in [0.4, 0.5) is 0 Å². The van der Waals surface area contributed by atoms with E-state index in [0.717, 1.165) is 23.3 Å². The van der Waals surface area contributed by atoms with E-state index >= 15 is 0 Å². The lowest BCUT2D eigenvalue weighted by atomic mass is 10.1. The van der Waals surface area contributed by atoms with Crippen LogP contribution in [-0.2, 0) is 17.6 Å². The number of benzene rings is 2. The standard InChI is InChI=1S/C20H21N3O3/c1-25-17-9-5-6-15(14-17)12-13-21-18(24)10-11-19-22-20(23-26-19)16-7-3-2-4-8-16/h2-9,14H,10-13H2,1H3,(H,21,24). The number of amides is 1. The molecule has 134 valence electrons. The van der Waals surface area contributed by atoms with Gasteiger partial charge in [0.1, 0.15) is 5.75 Å². The number of carbonyl (C=O) groups excluding carboxylic acids is 1. The SMILES string of the molecule is COc1cccc(CCNC(=O)CCc2nc(-c3ccccc3)no2)c1. The van der Waals surface area contributed by atoms with Crippen LogP contribution in [0.1, 0.15) is 17.9 Å². The third kappa shape index (κ3) is 4.92. The van der Waals surface area contributed by atoms with Gasteiger partial charge in [-0.3, -0.25) is 4.79 Å². The average molecular weight is 351 g/mol. The summed E-state index contributed by atoms with van der Waals surface area (Å²) in [6.45, 7) is 0.575. The summed E-state index contributed by atoms with van der Waals surface area (Å²) in [6.07, 6.45) is 1.49. The van der Waals surface area contributed by atoms with E-state index in [9.17, 15) is 4.79 Å². The predicted molar refractivity (Wildman–Crippen MR) is 97.8 cm³/mol. The summed E-state index contributed by atoms with van der Waals surface area (Å²) < 4.78 is 10.4. The van der Waals surface area contributed by atoms with Crippen LogP contribution in [0, 0.1) is 0 Å². The first-order chi connectivity index (χ1) is 12.7. The van der Waals surface area contributed by atoms with Gasteiger partial charge in [-0.15, -0.1) is 0 Å². The zero-order valence-electron chi connectivity index (χ0n) is 14.6. The number of methoxy groups -OCH3 is 1. The van der Waals surface area contributed by atoms with Gasteiger partial charge in [0, 0.05) is 24.9 Å². The Balaban J connectivity index is 1.42. The maximum absolute atomic E-state index is 12.0. The van der Waals surface area contributed by atoms with Gasteiger partial charge in [-0.05, 0) is 24.1 Å². The van der Waals surface area contributed by atoms with E-state index in [2.05, 4.69) is 15.5 Å². The van der Waals surface area contributed by atoms with Gasteiger partial charge >= 0.3 is 0 Å². The number of aromatic nitrogens is 2. The number of nitrogens with one attached hydrogen (secondary N) is 1. The highest BCUT2D eigenvalue weighted by Crippen LogP contribution is 2.15. The maximum Gasteiger partial charge on any atom is 0.227 e. The second kappa shape index (κ2) is 8.80. The van der Waals surface area contributed by atoms with Gasteiger partial charge in [-0.1, -0.05) is 47.6 Å². The number of carbonyl (C=O) groups is 1. The fourth-order valence-electron chi connectivity index (χ4n) is 2.54. The van der Waals surface area contributed by atoms with Gasteiger partial charge in [0.05, 0.1) is 7.11 Å². The van der Waals surface area contributed by atoms with Crippen molar-refractivity contribution in [2.45, 2.75) is 19.3 Å². The van der Waals surface area contributed by atoms with Crippen LogP contribution in [0.5, 0.6) is 5.75 Å². The van der Waals surface area contributed by atoms with Crippen molar-refractivity contribution in [1.82, 2.24) is 15.5 Å². The van der Waals surface area contributed by atoms with Crippen LogP contribution in [0.15, 0.2) is 59.1 Å². The van der Waals surface area contributed by atoms with Gasteiger partial charge < -0.3 is 14.6 Å². The van der Waals surface area contributed by atoms with Gasteiger partial charge in [0.15, 0.2) is 0 Å². The lowest BCUT2D eigenvalue weighted by Crippen LogP contribution is -2.25. The van der Waals surface area contributed by atoms with Crippen molar-refractivity contribution in [1.29, 1.82) is 0 Å². The molecule has 0 spiro atoms. The Morgan fingerprint density at radius 1 is 1.12 bits per heavy atom. The number of aryl methyl sites for hydroxylation is 1. The first kappa shape index (κ1) is 17.7. The van der Waals surface area contributed by atoms with Crippen LogP contribution in [0.3, 0.4) is 0 Å². The van der Waals surface area contributed by atoms with Crippen LogP contribution in [0.2, 0.25) is 0 Å². The van der Waals surface area contributed by atoms with Crippen molar-refractivity contribution < 1.29 is 14.1 Å². The Morgan fingerprint density at radius 2 is 1.96 bits per heavy atom. The highest BCUT2D eigenvalue weighted by atomic mass is 16.5. The molecule has 1 N–H and O–H groups in total. The summed E-state index contributed by atoms with van der Waals surface area (Å²) in [5.41, 5.74) is 2.01. The highest BCUT2D eigenvalue weighted by molar-refractivity contribution is 5.76. The normalized spacial score (nSPS) is 10.5. The van der Waals surface area contributed by atoms with Crippen molar-refractivity contribution in [3.05, 3.63) is 66.1 Å². The molecule has 0 bridgehead atoms. The van der Waals surface area contributed by atoms with Crippen molar-refractivity contribution in [3.63, 3.8) is 0 Å². The van der Waals surface area contributed by atoms with Crippen LogP contribution < -0.4 is 10.1 Å². The molecule has 0 saturated heterocycles. The largest absolute Gasteiger partial charge is 0.497 e. The molecule has 2 aromatic carbocycles. The first-order valence-corrected chi connectivity index (χ1v) is 8.52. The molecule has 0 atom stereocenters. The van der Waals surface area contributed by atoms with Crippen LogP contribution >= 0.6 is 0 Å². The third-order valence-electron chi connectivity index (χ3n) is 3.94. The monoisotopic (exact) mass is 351 g/mol. The summed E-state index contributed by atoms with van der Waals surface area (Å²) in [5.74, 6) is 1.79. The Bertz CT molecular complexity index is 846. The zero-order chi connectivity index (χ0) is 18.2. The summed E-state index contributed by atoms with van der Waals surface area (Å²) in [6, 6.07) is 17.4. The molecule has 1 aromatic heterocycles. The molecule has 3 aromatic rings. The Morgan fingerprint density at radius 3 is 2.77 bits per heavy atom. The first-order valence-electron chi connectivity index (χ1n) is 8.52. The number of ether oxygens (including phenoxy) is 1. The van der Waals surface area contributed by atoms with Crippen LogP contribution in [-0.4, -0.2) is 29.7 Å². The molecule has 6 heteroatoms. The fraction of sp³-hybridized carbons (Fsp3) is 0.250. The lowest BCUT2D eigenvalue weighted by molar-refractivity contribution is -0.121. The molecule has 0 saturated carbocycles. The molecule has 0 aliphatic heterocycles. The second-order valence-corrected chi connectivity index (χ2v) is 5.83. The molecule has 0 aliphatic carbocycles. The van der Waals surface area contributed by atoms with Crippen molar-refractivity contribution >= 4 is 5.91 Å². The number of hydrogen-bond acceptors (Lipinski definition) is 5. The Labute approximate surface area is 152 Å². The van der Waals surface area contributed by atoms with Crippen molar-refractivity contribution in [3.8, 4) is 17.1 Å². The van der Waals surface area contributed by atoms with E-state index in [0.29, 0.717) is 31.1 Å². The van der Waals surface area contributed by atoms with E-state index in [4.69, 9.17) is 9.26 Å². The number of hydrogen-bond donors (Lipinski definition) is 1. The minimum Gasteiger partial charge on any atom is -0.497 e. The van der Waals surface area contributed by atoms with E-state index < -0.39 is 0 Å². The second-order valence-electron chi connectivity index (χ2n) is 5.83. The average Bonchev–Trinajstić information content (AvgIpc) is 3.16. The zero-order valence-corrected chi connectivity index (χ0v) is 14.6. The Hall–Kier alpha value is -3.15. The van der Waals surface area contributed by atoms with E-state index in [1.165, 1.54) is 0 Å². The van der Waals surface area contributed by atoms with Gasteiger partial charge in [-0.25, -0.2) is 0 Å². The molecule has 0 unspecified atom stereocenters. The topological polar surface area (TPSA) is 77.2 Å². The molecular weight excluding hydrogens is 330 g/mol. The highest BCUT2D eigenvalue weighted by Gasteiger charge is 2.10. The molecule has 6 nitrogen and oxygen atoms in total. The van der Waals surface area contributed by atoms with Crippen molar-refractivity contribution in [2.75, 3.05) is 13.7 Å². The van der Waals surface area contributed by atoms with E-state index in [1.807, 2.05) is 54.6 Å². The predicted octanol–water partition coefficient (Wildman–Crippen LogP) is 3.04. The summed E-state index contributed by atoms with van der Waals surface area (Å²) in [5, 5.41) is 6.86. The molecule has 0 fully saturated rings. The van der Waals surface area contributed by atoms with Crippen molar-refractivity contribution in [2.24, 2.45) is 0 Å². The molecule has 0 aliphatic rings. The summed E-state index contributed by atoms with van der Waals surface area (Å²) in [7, 11) is 1.64. The molecule has 3 rings (SSSR count). The summed E-state index contributed by atoms with van der Waals surface area (Å²) in [4.78, 5) is 16.3. The minimum absolute atomic E-state index is 0.0349. The molecule has 26 heavy (non-hydrogen) atoms. The minimum atomic E-state index is -0.0349. The lowest BCUT2D eigenvalue weighted by Gasteiger charge is -2.06. The van der Waals surface area contributed by atoms with Gasteiger partial charge in [0.25, 0.3) is 0 Å². The molecule has 0 radical (unpaired) electrons. The van der Waals surface area contributed by atoms with Gasteiger partial charge in [0.2, 0.25) is 17.6 Å². The van der Waals surface area contributed by atoms with Crippen LogP contribution in [0.25, 0.3) is 11.4 Å². The Kier molecular flexibility index (Phi) is 5.98.